The average Bonchev–Trinajstić information content (AvgIpc) is 2.77. The van der Waals surface area contributed by atoms with Crippen LogP contribution in [0.25, 0.3) is 0 Å². The number of ether oxygens (including phenoxy) is 1. The molecule has 1 fully saturated rings. The van der Waals surface area contributed by atoms with Gasteiger partial charge in [-0.3, -0.25) is 0 Å². The number of esters is 1. The van der Waals surface area contributed by atoms with Gasteiger partial charge in [-0.1, -0.05) is 29.3 Å². The summed E-state index contributed by atoms with van der Waals surface area (Å²) in [6.07, 6.45) is 3.62. The van der Waals surface area contributed by atoms with E-state index in [2.05, 4.69) is 44.1 Å². The van der Waals surface area contributed by atoms with Crippen molar-refractivity contribution in [3.05, 3.63) is 26.6 Å². The highest BCUT2D eigenvalue weighted by Crippen LogP contribution is 2.35. The maximum atomic E-state index is 11.9. The van der Waals surface area contributed by atoms with Crippen molar-refractivity contribution in [2.24, 2.45) is 5.92 Å². The Balaban J connectivity index is 2.34. The minimum absolute atomic E-state index is 0.324. The second-order valence-corrected chi connectivity index (χ2v) is 6.73. The minimum Gasteiger partial charge on any atom is -0.465 e. The van der Waals surface area contributed by atoms with E-state index in [0.717, 1.165) is 21.1 Å². The SMILES string of the molecule is COC(=O)c1cc(Br)cc(Br)c1NC1CCCC1C. The number of carbonyl (C=O) groups excluding carboxylic acids is 1. The summed E-state index contributed by atoms with van der Waals surface area (Å²) in [6, 6.07) is 4.15. The van der Waals surface area contributed by atoms with Gasteiger partial charge in [0.05, 0.1) is 18.4 Å². The first-order chi connectivity index (χ1) is 9.02. The minimum atomic E-state index is -0.324. The fraction of sp³-hybridized carbons (Fsp3) is 0.500. The van der Waals surface area contributed by atoms with Crippen molar-refractivity contribution < 1.29 is 9.53 Å². The van der Waals surface area contributed by atoms with Crippen LogP contribution in [0.3, 0.4) is 0 Å². The first-order valence-electron chi connectivity index (χ1n) is 6.37. The molecule has 2 rings (SSSR count). The maximum Gasteiger partial charge on any atom is 0.340 e. The van der Waals surface area contributed by atoms with Crippen LogP contribution in [0.4, 0.5) is 5.69 Å². The molecule has 0 amide bonds. The van der Waals surface area contributed by atoms with Gasteiger partial charge in [0.15, 0.2) is 0 Å². The third kappa shape index (κ3) is 3.31. The summed E-state index contributed by atoms with van der Waals surface area (Å²) in [4.78, 5) is 11.9. The number of anilines is 1. The Kier molecular flexibility index (Phi) is 4.90. The number of halogens is 2. The molecule has 0 spiro atoms. The van der Waals surface area contributed by atoms with Crippen molar-refractivity contribution in [2.45, 2.75) is 32.2 Å². The van der Waals surface area contributed by atoms with Crippen LogP contribution >= 0.6 is 31.9 Å². The van der Waals surface area contributed by atoms with E-state index in [1.807, 2.05) is 6.07 Å². The summed E-state index contributed by atoms with van der Waals surface area (Å²) in [5, 5.41) is 3.50. The second-order valence-electron chi connectivity index (χ2n) is 4.96. The van der Waals surface area contributed by atoms with Crippen LogP contribution in [-0.2, 0) is 4.74 Å². The van der Waals surface area contributed by atoms with E-state index in [1.165, 1.54) is 20.0 Å². The van der Waals surface area contributed by atoms with E-state index in [0.29, 0.717) is 17.5 Å². The molecule has 5 heteroatoms. The van der Waals surface area contributed by atoms with Crippen molar-refractivity contribution in [2.75, 3.05) is 12.4 Å². The zero-order valence-electron chi connectivity index (χ0n) is 11.0. The summed E-state index contributed by atoms with van der Waals surface area (Å²) in [5.74, 6) is 0.302. The molecule has 19 heavy (non-hydrogen) atoms. The molecule has 0 aliphatic heterocycles. The van der Waals surface area contributed by atoms with Crippen LogP contribution in [0.1, 0.15) is 36.5 Å². The smallest absolute Gasteiger partial charge is 0.340 e. The van der Waals surface area contributed by atoms with Crippen molar-refractivity contribution in [1.29, 1.82) is 0 Å². The van der Waals surface area contributed by atoms with E-state index >= 15 is 0 Å². The van der Waals surface area contributed by atoms with Gasteiger partial charge < -0.3 is 10.1 Å². The van der Waals surface area contributed by atoms with E-state index < -0.39 is 0 Å². The molecule has 1 aromatic rings. The van der Waals surface area contributed by atoms with Crippen LogP contribution in [0, 0.1) is 5.92 Å². The third-order valence-corrected chi connectivity index (χ3v) is 4.73. The molecule has 1 saturated carbocycles. The predicted octanol–water partition coefficient (Wildman–Crippen LogP) is 4.60. The molecule has 2 atom stereocenters. The molecule has 1 aromatic carbocycles. The summed E-state index contributed by atoms with van der Waals surface area (Å²) >= 11 is 6.93. The largest absolute Gasteiger partial charge is 0.465 e. The Hall–Kier alpha value is -0.550. The van der Waals surface area contributed by atoms with Crippen LogP contribution < -0.4 is 5.32 Å². The number of carbonyl (C=O) groups is 1. The molecular formula is C14H17Br2NO2. The lowest BCUT2D eigenvalue weighted by Crippen LogP contribution is -2.23. The molecule has 0 heterocycles. The van der Waals surface area contributed by atoms with Crippen LogP contribution in [0.2, 0.25) is 0 Å². The molecule has 1 aliphatic carbocycles. The lowest BCUT2D eigenvalue weighted by atomic mass is 10.1. The van der Waals surface area contributed by atoms with Crippen molar-refractivity contribution in [1.82, 2.24) is 0 Å². The third-order valence-electron chi connectivity index (χ3n) is 3.65. The number of benzene rings is 1. The topological polar surface area (TPSA) is 38.3 Å². The zero-order chi connectivity index (χ0) is 14.0. The quantitative estimate of drug-likeness (QED) is 0.766. The maximum absolute atomic E-state index is 11.9. The van der Waals surface area contributed by atoms with Gasteiger partial charge in [-0.2, -0.15) is 0 Å². The Morgan fingerprint density at radius 3 is 2.68 bits per heavy atom. The average molecular weight is 391 g/mol. The van der Waals surface area contributed by atoms with Crippen molar-refractivity contribution in [3.63, 3.8) is 0 Å². The Labute approximate surface area is 130 Å². The summed E-state index contributed by atoms with van der Waals surface area (Å²) in [6.45, 7) is 2.25. The van der Waals surface area contributed by atoms with Crippen LogP contribution in [0.15, 0.2) is 21.1 Å². The molecule has 104 valence electrons. The highest BCUT2D eigenvalue weighted by Gasteiger charge is 2.26. The van der Waals surface area contributed by atoms with Gasteiger partial charge >= 0.3 is 5.97 Å². The van der Waals surface area contributed by atoms with Gasteiger partial charge in [0.2, 0.25) is 0 Å². The molecule has 0 saturated heterocycles. The fourth-order valence-corrected chi connectivity index (χ4v) is 3.88. The number of hydrogen-bond acceptors (Lipinski definition) is 3. The van der Waals surface area contributed by atoms with E-state index in [9.17, 15) is 4.79 Å². The van der Waals surface area contributed by atoms with Gasteiger partial charge in [0.1, 0.15) is 0 Å². The second kappa shape index (κ2) is 6.27. The molecule has 0 bridgehead atoms. The van der Waals surface area contributed by atoms with Crippen LogP contribution in [-0.4, -0.2) is 19.1 Å². The molecule has 2 unspecified atom stereocenters. The Morgan fingerprint density at radius 2 is 2.11 bits per heavy atom. The predicted molar refractivity (Wildman–Crippen MR) is 83.6 cm³/mol. The highest BCUT2D eigenvalue weighted by molar-refractivity contribution is 9.11. The zero-order valence-corrected chi connectivity index (χ0v) is 14.2. The number of rotatable bonds is 3. The van der Waals surface area contributed by atoms with Gasteiger partial charge in [-0.15, -0.1) is 0 Å². The van der Waals surface area contributed by atoms with E-state index in [-0.39, 0.29) is 5.97 Å². The summed E-state index contributed by atoms with van der Waals surface area (Å²) in [5.41, 5.74) is 1.39. The van der Waals surface area contributed by atoms with Gasteiger partial charge in [0.25, 0.3) is 0 Å². The summed E-state index contributed by atoms with van der Waals surface area (Å²) in [7, 11) is 1.40. The van der Waals surface area contributed by atoms with Gasteiger partial charge in [0, 0.05) is 15.0 Å². The standard InChI is InChI=1S/C14H17Br2NO2/c1-8-4-3-5-12(8)17-13-10(14(18)19-2)6-9(15)7-11(13)16/h6-8,12,17H,3-5H2,1-2H3. The lowest BCUT2D eigenvalue weighted by Gasteiger charge is -2.21. The van der Waals surface area contributed by atoms with E-state index in [4.69, 9.17) is 4.74 Å². The Bertz CT molecular complexity index is 491. The lowest BCUT2D eigenvalue weighted by molar-refractivity contribution is 0.0601. The normalized spacial score (nSPS) is 22.3. The Morgan fingerprint density at radius 1 is 1.37 bits per heavy atom. The monoisotopic (exact) mass is 389 g/mol. The molecule has 3 nitrogen and oxygen atoms in total. The molecule has 1 aliphatic rings. The van der Waals surface area contributed by atoms with Crippen molar-refractivity contribution in [3.8, 4) is 0 Å². The van der Waals surface area contributed by atoms with Crippen molar-refractivity contribution >= 4 is 43.5 Å². The number of hydrogen-bond donors (Lipinski definition) is 1. The van der Waals surface area contributed by atoms with Crippen LogP contribution in [0.5, 0.6) is 0 Å². The van der Waals surface area contributed by atoms with E-state index in [1.54, 1.807) is 6.07 Å². The molecule has 0 radical (unpaired) electrons. The molecular weight excluding hydrogens is 374 g/mol. The first-order valence-corrected chi connectivity index (χ1v) is 7.95. The molecule has 1 N–H and O–H groups in total. The molecule has 0 aromatic heterocycles. The number of nitrogens with one attached hydrogen (secondary N) is 1. The van der Waals surface area contributed by atoms with Gasteiger partial charge in [-0.05, 0) is 46.8 Å². The number of methoxy groups -OCH3 is 1. The summed E-state index contributed by atoms with van der Waals surface area (Å²) < 4.78 is 6.59. The highest BCUT2D eigenvalue weighted by atomic mass is 79.9. The fourth-order valence-electron chi connectivity index (χ4n) is 2.54. The first kappa shape index (κ1) is 14.9. The van der Waals surface area contributed by atoms with Gasteiger partial charge in [-0.25, -0.2) is 4.79 Å².